The van der Waals surface area contributed by atoms with E-state index in [2.05, 4.69) is 22.3 Å². The Hall–Kier alpha value is -1.84. The van der Waals surface area contributed by atoms with Gasteiger partial charge < -0.3 is 5.32 Å². The van der Waals surface area contributed by atoms with E-state index in [1.807, 2.05) is 35.3 Å². The van der Waals surface area contributed by atoms with Crippen LogP contribution < -0.4 is 5.32 Å². The van der Waals surface area contributed by atoms with E-state index in [9.17, 15) is 0 Å². The van der Waals surface area contributed by atoms with E-state index in [-0.39, 0.29) is 0 Å². The van der Waals surface area contributed by atoms with Crippen molar-refractivity contribution in [3.05, 3.63) is 43.0 Å². The molecule has 0 fully saturated rings. The lowest BCUT2D eigenvalue weighted by Crippen LogP contribution is -2.17. The molecular formula is C12H16N4. The number of hydrogen-bond acceptors (Lipinski definition) is 3. The molecule has 0 radical (unpaired) electrons. The summed E-state index contributed by atoms with van der Waals surface area (Å²) in [4.78, 5) is 4.07. The Bertz CT molecular complexity index is 396. The summed E-state index contributed by atoms with van der Waals surface area (Å²) in [6.07, 6.45) is 8.44. The van der Waals surface area contributed by atoms with E-state index < -0.39 is 0 Å². The van der Waals surface area contributed by atoms with Gasteiger partial charge in [-0.15, -0.1) is 0 Å². The smallest absolute Gasteiger partial charge is 0.0528 e. The molecule has 0 bridgehead atoms. The van der Waals surface area contributed by atoms with Gasteiger partial charge in [-0.1, -0.05) is 0 Å². The second-order valence-electron chi connectivity index (χ2n) is 3.84. The molecule has 2 rings (SSSR count). The Morgan fingerprint density at radius 1 is 1.38 bits per heavy atom. The molecular weight excluding hydrogens is 200 g/mol. The summed E-state index contributed by atoms with van der Waals surface area (Å²) in [5.41, 5.74) is 1.07. The fourth-order valence-corrected chi connectivity index (χ4v) is 1.56. The predicted molar refractivity (Wildman–Crippen MR) is 64.2 cm³/mol. The lowest BCUT2D eigenvalue weighted by atomic mass is 10.2. The standard InChI is InChI=1S/C12H16N4/c1-11(5-9-16-8-3-7-14-16)15-12-4-2-6-13-10-12/h2-4,6-8,10-11,15H,5,9H2,1H3. The third-order valence-electron chi connectivity index (χ3n) is 2.43. The van der Waals surface area contributed by atoms with Crippen LogP contribution in [0.15, 0.2) is 43.0 Å². The molecule has 0 aliphatic heterocycles. The maximum atomic E-state index is 4.17. The maximum absolute atomic E-state index is 4.17. The third kappa shape index (κ3) is 3.08. The van der Waals surface area contributed by atoms with Crippen LogP contribution >= 0.6 is 0 Å². The van der Waals surface area contributed by atoms with Crippen LogP contribution in [0.2, 0.25) is 0 Å². The maximum Gasteiger partial charge on any atom is 0.0528 e. The van der Waals surface area contributed by atoms with E-state index in [1.165, 1.54) is 0 Å². The van der Waals surface area contributed by atoms with Gasteiger partial charge in [-0.25, -0.2) is 0 Å². The molecule has 0 amide bonds. The van der Waals surface area contributed by atoms with Gasteiger partial charge in [0.15, 0.2) is 0 Å². The van der Waals surface area contributed by atoms with Crippen LogP contribution in [0.5, 0.6) is 0 Å². The number of nitrogens with one attached hydrogen (secondary N) is 1. The SMILES string of the molecule is CC(CCn1cccn1)Nc1cccnc1. The molecule has 2 heterocycles. The Morgan fingerprint density at radius 3 is 3.00 bits per heavy atom. The van der Waals surface area contributed by atoms with Crippen LogP contribution in [0.1, 0.15) is 13.3 Å². The fraction of sp³-hybridized carbons (Fsp3) is 0.333. The van der Waals surface area contributed by atoms with E-state index in [0.717, 1.165) is 18.7 Å². The first kappa shape index (κ1) is 10.7. The molecule has 0 saturated heterocycles. The summed E-state index contributed by atoms with van der Waals surface area (Å²) in [6, 6.07) is 6.31. The van der Waals surface area contributed by atoms with Gasteiger partial charge in [0.25, 0.3) is 0 Å². The molecule has 16 heavy (non-hydrogen) atoms. The van der Waals surface area contributed by atoms with Crippen LogP contribution in [-0.2, 0) is 6.54 Å². The number of rotatable bonds is 5. The second kappa shape index (κ2) is 5.30. The predicted octanol–water partition coefficient (Wildman–Crippen LogP) is 2.17. The first-order valence-corrected chi connectivity index (χ1v) is 5.48. The fourth-order valence-electron chi connectivity index (χ4n) is 1.56. The largest absolute Gasteiger partial charge is 0.381 e. The molecule has 4 heteroatoms. The zero-order valence-electron chi connectivity index (χ0n) is 9.37. The number of nitrogens with zero attached hydrogens (tertiary/aromatic N) is 3. The van der Waals surface area contributed by atoms with Gasteiger partial charge in [0.2, 0.25) is 0 Å². The van der Waals surface area contributed by atoms with Gasteiger partial charge in [-0.3, -0.25) is 9.67 Å². The molecule has 1 atom stereocenters. The molecule has 0 aromatic carbocycles. The van der Waals surface area contributed by atoms with Crippen molar-refractivity contribution in [2.45, 2.75) is 25.9 Å². The van der Waals surface area contributed by atoms with Crippen molar-refractivity contribution < 1.29 is 0 Å². The molecule has 2 aromatic rings. The summed E-state index contributed by atoms with van der Waals surface area (Å²) < 4.78 is 1.95. The van der Waals surface area contributed by atoms with E-state index in [4.69, 9.17) is 0 Å². The van der Waals surface area contributed by atoms with Crippen molar-refractivity contribution in [2.24, 2.45) is 0 Å². The van der Waals surface area contributed by atoms with E-state index in [1.54, 1.807) is 12.4 Å². The van der Waals surface area contributed by atoms with Gasteiger partial charge in [0.1, 0.15) is 0 Å². The molecule has 0 spiro atoms. The molecule has 0 aliphatic carbocycles. The van der Waals surface area contributed by atoms with Crippen molar-refractivity contribution in [2.75, 3.05) is 5.32 Å². The number of pyridine rings is 1. The monoisotopic (exact) mass is 216 g/mol. The number of aromatic nitrogens is 3. The number of hydrogen-bond donors (Lipinski definition) is 1. The summed E-state index contributed by atoms with van der Waals surface area (Å²) >= 11 is 0. The lowest BCUT2D eigenvalue weighted by Gasteiger charge is -2.14. The minimum atomic E-state index is 0.411. The highest BCUT2D eigenvalue weighted by molar-refractivity contribution is 5.40. The minimum Gasteiger partial charge on any atom is -0.381 e. The Kier molecular flexibility index (Phi) is 3.53. The Morgan fingerprint density at radius 2 is 2.31 bits per heavy atom. The molecule has 2 aromatic heterocycles. The lowest BCUT2D eigenvalue weighted by molar-refractivity contribution is 0.545. The van der Waals surface area contributed by atoms with Crippen molar-refractivity contribution in [3.8, 4) is 0 Å². The number of aryl methyl sites for hydroxylation is 1. The van der Waals surface area contributed by atoms with Crippen molar-refractivity contribution in [3.63, 3.8) is 0 Å². The first-order chi connectivity index (χ1) is 7.84. The zero-order valence-corrected chi connectivity index (χ0v) is 9.37. The van der Waals surface area contributed by atoms with E-state index in [0.29, 0.717) is 6.04 Å². The zero-order chi connectivity index (χ0) is 11.2. The van der Waals surface area contributed by atoms with Crippen molar-refractivity contribution >= 4 is 5.69 Å². The van der Waals surface area contributed by atoms with Gasteiger partial charge in [0, 0.05) is 37.4 Å². The average molecular weight is 216 g/mol. The van der Waals surface area contributed by atoms with Gasteiger partial charge >= 0.3 is 0 Å². The van der Waals surface area contributed by atoms with Crippen LogP contribution in [0, 0.1) is 0 Å². The van der Waals surface area contributed by atoms with Crippen LogP contribution in [0.25, 0.3) is 0 Å². The Balaban J connectivity index is 1.78. The van der Waals surface area contributed by atoms with Gasteiger partial charge in [0.05, 0.1) is 5.69 Å². The average Bonchev–Trinajstić information content (AvgIpc) is 2.81. The van der Waals surface area contributed by atoms with Crippen LogP contribution in [-0.4, -0.2) is 20.8 Å². The second-order valence-corrected chi connectivity index (χ2v) is 3.84. The molecule has 1 unspecified atom stereocenters. The minimum absolute atomic E-state index is 0.411. The van der Waals surface area contributed by atoms with Crippen LogP contribution in [0.3, 0.4) is 0 Å². The summed E-state index contributed by atoms with van der Waals surface area (Å²) in [5.74, 6) is 0. The van der Waals surface area contributed by atoms with Crippen molar-refractivity contribution in [1.29, 1.82) is 0 Å². The van der Waals surface area contributed by atoms with Gasteiger partial charge in [-0.2, -0.15) is 5.10 Å². The van der Waals surface area contributed by atoms with Gasteiger partial charge in [-0.05, 0) is 31.5 Å². The highest BCUT2D eigenvalue weighted by Gasteiger charge is 2.02. The van der Waals surface area contributed by atoms with Crippen molar-refractivity contribution in [1.82, 2.24) is 14.8 Å². The summed E-state index contributed by atoms with van der Waals surface area (Å²) in [5, 5.41) is 7.57. The summed E-state index contributed by atoms with van der Waals surface area (Å²) in [7, 11) is 0. The topological polar surface area (TPSA) is 42.7 Å². The Labute approximate surface area is 95.3 Å². The third-order valence-corrected chi connectivity index (χ3v) is 2.43. The normalized spacial score (nSPS) is 12.3. The molecule has 0 saturated carbocycles. The highest BCUT2D eigenvalue weighted by atomic mass is 15.3. The molecule has 84 valence electrons. The van der Waals surface area contributed by atoms with E-state index >= 15 is 0 Å². The highest BCUT2D eigenvalue weighted by Crippen LogP contribution is 2.07. The molecule has 0 aliphatic rings. The number of anilines is 1. The molecule has 4 nitrogen and oxygen atoms in total. The molecule has 1 N–H and O–H groups in total. The summed E-state index contributed by atoms with van der Waals surface area (Å²) in [6.45, 7) is 3.10. The van der Waals surface area contributed by atoms with Crippen LogP contribution in [0.4, 0.5) is 5.69 Å². The first-order valence-electron chi connectivity index (χ1n) is 5.48. The quantitative estimate of drug-likeness (QED) is 0.833.